The Bertz CT molecular complexity index is 675. The summed E-state index contributed by atoms with van der Waals surface area (Å²) in [4.78, 5) is 39.4. The molecule has 1 aromatic carbocycles. The summed E-state index contributed by atoms with van der Waals surface area (Å²) in [5.74, 6) is -0.461. The van der Waals surface area contributed by atoms with Crippen molar-refractivity contribution in [2.45, 2.75) is 71.5 Å². The molecular formula is C22H33N3O3. The summed E-state index contributed by atoms with van der Waals surface area (Å²) in [7, 11) is 0. The van der Waals surface area contributed by atoms with Gasteiger partial charge < -0.3 is 15.5 Å². The van der Waals surface area contributed by atoms with E-state index in [9.17, 15) is 14.4 Å². The summed E-state index contributed by atoms with van der Waals surface area (Å²) >= 11 is 0. The Labute approximate surface area is 168 Å². The van der Waals surface area contributed by atoms with Crippen LogP contribution in [-0.4, -0.2) is 47.3 Å². The highest BCUT2D eigenvalue weighted by Gasteiger charge is 2.38. The minimum atomic E-state index is -0.595. The summed E-state index contributed by atoms with van der Waals surface area (Å²) in [6, 6.07) is 8.93. The number of carbonyl (C=O) groups excluding carboxylic acids is 3. The minimum Gasteiger partial charge on any atom is -0.352 e. The van der Waals surface area contributed by atoms with Crippen LogP contribution >= 0.6 is 0 Å². The number of likely N-dealkylation sites (tertiary alicyclic amines) is 1. The molecule has 1 aromatic rings. The number of benzene rings is 1. The van der Waals surface area contributed by atoms with Crippen LogP contribution in [0.25, 0.3) is 0 Å². The van der Waals surface area contributed by atoms with Crippen molar-refractivity contribution in [1.29, 1.82) is 0 Å². The number of nitrogens with zero attached hydrogens (tertiary/aromatic N) is 1. The van der Waals surface area contributed by atoms with Crippen LogP contribution in [0.5, 0.6) is 0 Å². The molecule has 0 aromatic heterocycles. The van der Waals surface area contributed by atoms with Gasteiger partial charge in [0.25, 0.3) is 0 Å². The maximum absolute atomic E-state index is 13.1. The molecule has 1 heterocycles. The topological polar surface area (TPSA) is 78.5 Å². The van der Waals surface area contributed by atoms with Gasteiger partial charge >= 0.3 is 0 Å². The molecule has 28 heavy (non-hydrogen) atoms. The van der Waals surface area contributed by atoms with Crippen LogP contribution in [0.15, 0.2) is 30.3 Å². The van der Waals surface area contributed by atoms with Crippen molar-refractivity contribution in [2.24, 2.45) is 5.92 Å². The van der Waals surface area contributed by atoms with Crippen molar-refractivity contribution in [1.82, 2.24) is 15.5 Å². The Hall–Kier alpha value is -2.37. The van der Waals surface area contributed by atoms with E-state index in [-0.39, 0.29) is 29.7 Å². The molecular weight excluding hydrogens is 354 g/mol. The van der Waals surface area contributed by atoms with Crippen molar-refractivity contribution in [3.05, 3.63) is 35.9 Å². The van der Waals surface area contributed by atoms with Crippen LogP contribution in [-0.2, 0) is 20.8 Å². The fourth-order valence-corrected chi connectivity index (χ4v) is 3.63. The molecule has 1 aliphatic heterocycles. The lowest BCUT2D eigenvalue weighted by molar-refractivity contribution is -0.142. The van der Waals surface area contributed by atoms with Gasteiger partial charge in [0.15, 0.2) is 0 Å². The normalized spacial score (nSPS) is 18.6. The molecule has 3 unspecified atom stereocenters. The standard InChI is InChI=1S/C22H33N3O3/c1-5-19(26)24-20(15(2)3)22(28)25-13-9-12-18(25)21(27)23-16(4)14-17-10-7-6-8-11-17/h6-8,10-11,15-16,18,20H,5,9,12-14H2,1-4H3,(H,23,27)(H,24,26). The molecule has 0 aliphatic carbocycles. The lowest BCUT2D eigenvalue weighted by atomic mass is 10.0. The van der Waals surface area contributed by atoms with Gasteiger partial charge in [0.1, 0.15) is 12.1 Å². The average molecular weight is 388 g/mol. The van der Waals surface area contributed by atoms with Gasteiger partial charge in [-0.05, 0) is 37.7 Å². The lowest BCUT2D eigenvalue weighted by Gasteiger charge is -2.31. The third-order valence-corrected chi connectivity index (χ3v) is 5.18. The van der Waals surface area contributed by atoms with E-state index in [1.165, 1.54) is 0 Å². The van der Waals surface area contributed by atoms with Crippen LogP contribution in [0.1, 0.15) is 52.5 Å². The Morgan fingerprint density at radius 3 is 2.39 bits per heavy atom. The second-order valence-corrected chi connectivity index (χ2v) is 7.93. The van der Waals surface area contributed by atoms with Gasteiger partial charge in [0.05, 0.1) is 0 Å². The van der Waals surface area contributed by atoms with Crippen molar-refractivity contribution in [2.75, 3.05) is 6.54 Å². The maximum Gasteiger partial charge on any atom is 0.246 e. The Morgan fingerprint density at radius 2 is 1.79 bits per heavy atom. The van der Waals surface area contributed by atoms with E-state index in [0.717, 1.165) is 18.4 Å². The molecule has 1 saturated heterocycles. The average Bonchev–Trinajstić information content (AvgIpc) is 3.15. The van der Waals surface area contributed by atoms with Gasteiger partial charge in [0, 0.05) is 19.0 Å². The number of hydrogen-bond donors (Lipinski definition) is 2. The predicted octanol–water partition coefficient (Wildman–Crippen LogP) is 2.28. The molecule has 2 N–H and O–H groups in total. The van der Waals surface area contributed by atoms with Gasteiger partial charge in [-0.3, -0.25) is 14.4 Å². The molecule has 6 heteroatoms. The zero-order valence-electron chi connectivity index (χ0n) is 17.4. The quantitative estimate of drug-likeness (QED) is 0.718. The van der Waals surface area contributed by atoms with Gasteiger partial charge in [-0.1, -0.05) is 51.1 Å². The summed E-state index contributed by atoms with van der Waals surface area (Å²) in [6.07, 6.45) is 2.53. The fourth-order valence-electron chi connectivity index (χ4n) is 3.63. The van der Waals surface area contributed by atoms with E-state index in [1.54, 1.807) is 11.8 Å². The zero-order chi connectivity index (χ0) is 20.7. The van der Waals surface area contributed by atoms with E-state index in [1.807, 2.05) is 51.1 Å². The molecule has 0 radical (unpaired) electrons. The number of nitrogens with one attached hydrogen (secondary N) is 2. The summed E-state index contributed by atoms with van der Waals surface area (Å²) in [5, 5.41) is 5.87. The molecule has 2 rings (SSSR count). The monoisotopic (exact) mass is 387 g/mol. The fraction of sp³-hybridized carbons (Fsp3) is 0.591. The van der Waals surface area contributed by atoms with Crippen molar-refractivity contribution in [3.63, 3.8) is 0 Å². The first-order valence-electron chi connectivity index (χ1n) is 10.3. The highest BCUT2D eigenvalue weighted by molar-refractivity contribution is 5.92. The summed E-state index contributed by atoms with van der Waals surface area (Å²) in [6.45, 7) is 8.11. The number of amides is 3. The van der Waals surface area contributed by atoms with Crippen LogP contribution in [0, 0.1) is 5.92 Å². The molecule has 0 spiro atoms. The van der Waals surface area contributed by atoms with E-state index >= 15 is 0 Å². The second-order valence-electron chi connectivity index (χ2n) is 7.93. The highest BCUT2D eigenvalue weighted by atomic mass is 16.2. The molecule has 1 fully saturated rings. The first-order chi connectivity index (χ1) is 13.3. The third-order valence-electron chi connectivity index (χ3n) is 5.18. The molecule has 1 aliphatic rings. The number of hydrogen-bond acceptors (Lipinski definition) is 3. The SMILES string of the molecule is CCC(=O)NC(C(=O)N1CCCC1C(=O)NC(C)Cc1ccccc1)C(C)C. The Kier molecular flexibility index (Phi) is 8.03. The minimum absolute atomic E-state index is 0.0202. The number of rotatable bonds is 8. The lowest BCUT2D eigenvalue weighted by Crippen LogP contribution is -2.55. The van der Waals surface area contributed by atoms with Crippen LogP contribution < -0.4 is 10.6 Å². The van der Waals surface area contributed by atoms with Crippen LogP contribution in [0.4, 0.5) is 0 Å². The first-order valence-corrected chi connectivity index (χ1v) is 10.3. The third kappa shape index (κ3) is 5.81. The van der Waals surface area contributed by atoms with Crippen molar-refractivity contribution in [3.8, 4) is 0 Å². The zero-order valence-corrected chi connectivity index (χ0v) is 17.4. The molecule has 6 nitrogen and oxygen atoms in total. The molecule has 3 amide bonds. The van der Waals surface area contributed by atoms with Crippen molar-refractivity contribution >= 4 is 17.7 Å². The van der Waals surface area contributed by atoms with Crippen LogP contribution in [0.3, 0.4) is 0 Å². The number of carbonyl (C=O) groups is 3. The summed E-state index contributed by atoms with van der Waals surface area (Å²) < 4.78 is 0. The van der Waals surface area contributed by atoms with Gasteiger partial charge in [0.2, 0.25) is 17.7 Å². The first kappa shape index (κ1) is 21.9. The van der Waals surface area contributed by atoms with E-state index in [2.05, 4.69) is 10.6 Å². The predicted molar refractivity (Wildman–Crippen MR) is 110 cm³/mol. The second kappa shape index (κ2) is 10.2. The summed E-state index contributed by atoms with van der Waals surface area (Å²) in [5.41, 5.74) is 1.16. The molecule has 0 bridgehead atoms. The molecule has 154 valence electrons. The molecule has 3 atom stereocenters. The smallest absolute Gasteiger partial charge is 0.246 e. The Morgan fingerprint density at radius 1 is 1.11 bits per heavy atom. The van der Waals surface area contributed by atoms with Gasteiger partial charge in [-0.15, -0.1) is 0 Å². The van der Waals surface area contributed by atoms with Gasteiger partial charge in [-0.25, -0.2) is 0 Å². The molecule has 0 saturated carbocycles. The van der Waals surface area contributed by atoms with Crippen LogP contribution in [0.2, 0.25) is 0 Å². The van der Waals surface area contributed by atoms with E-state index in [4.69, 9.17) is 0 Å². The largest absolute Gasteiger partial charge is 0.352 e. The van der Waals surface area contributed by atoms with E-state index < -0.39 is 12.1 Å². The van der Waals surface area contributed by atoms with E-state index in [0.29, 0.717) is 19.4 Å². The van der Waals surface area contributed by atoms with Crippen molar-refractivity contribution < 1.29 is 14.4 Å². The van der Waals surface area contributed by atoms with Gasteiger partial charge in [-0.2, -0.15) is 0 Å². The maximum atomic E-state index is 13.1. The highest BCUT2D eigenvalue weighted by Crippen LogP contribution is 2.21. The Balaban J connectivity index is 2.00.